The molecule has 1 aliphatic heterocycles. The molecular weight excluding hydrogens is 548 g/mol. The van der Waals surface area contributed by atoms with Crippen molar-refractivity contribution >= 4 is 0 Å². The average Bonchev–Trinajstić information content (AvgIpc) is 3.83. The third-order valence-electron chi connectivity index (χ3n) is 6.79. The summed E-state index contributed by atoms with van der Waals surface area (Å²) in [7, 11) is 0. The van der Waals surface area contributed by atoms with Crippen LogP contribution in [-0.2, 0) is 4.74 Å². The van der Waals surface area contributed by atoms with Crippen molar-refractivity contribution < 1.29 is 9.84 Å². The Morgan fingerprint density at radius 3 is 1.89 bits per heavy atom. The van der Waals surface area contributed by atoms with Crippen LogP contribution in [0.3, 0.4) is 0 Å². The Morgan fingerprint density at radius 2 is 1.27 bits per heavy atom. The molecule has 8 nitrogen and oxygen atoms in total. The predicted molar refractivity (Wildman–Crippen MR) is 174 cm³/mol. The van der Waals surface area contributed by atoms with Crippen LogP contribution in [0.5, 0.6) is 0 Å². The Balaban J connectivity index is 0.000000424. The molecule has 1 fully saturated rings. The van der Waals surface area contributed by atoms with Gasteiger partial charge in [0.05, 0.1) is 17.1 Å². The first-order valence-electron chi connectivity index (χ1n) is 14.8. The van der Waals surface area contributed by atoms with Crippen molar-refractivity contribution in [2.45, 2.75) is 26.7 Å². The Bertz CT molecular complexity index is 1730. The molecule has 1 aliphatic rings. The molecule has 0 amide bonds. The number of H-pyrrole nitrogens is 1. The highest BCUT2D eigenvalue weighted by atomic mass is 16.5. The molecule has 6 aromatic rings. The van der Waals surface area contributed by atoms with E-state index in [9.17, 15) is 0 Å². The standard InChI is InChI=1S/C30H22N6.C4H8O.C2H6O/c1-20-15-17-21(18-16-20)26-19-27(34-33-26)24-13-8-14-25(31-24)30-32-28(22-9-4-2-5-10-22)29(35-36-30)23-11-6-3-7-12-23;1-2-4-5-3-1;1-2-3/h2-19H,1H3,(H,33,34);1-4H2;3H,2H2,1H3. The summed E-state index contributed by atoms with van der Waals surface area (Å²) in [6.07, 6.45) is 2.56. The van der Waals surface area contributed by atoms with E-state index in [0.29, 0.717) is 11.5 Å². The molecule has 2 N–H and O–H groups in total. The van der Waals surface area contributed by atoms with Gasteiger partial charge in [-0.3, -0.25) is 5.10 Å². The minimum absolute atomic E-state index is 0.250. The molecule has 7 rings (SSSR count). The molecule has 1 saturated heterocycles. The van der Waals surface area contributed by atoms with E-state index in [4.69, 9.17) is 19.8 Å². The quantitative estimate of drug-likeness (QED) is 0.217. The molecule has 222 valence electrons. The van der Waals surface area contributed by atoms with Gasteiger partial charge in [0.15, 0.2) is 0 Å². The number of aromatic nitrogens is 6. The number of rotatable bonds is 5. The van der Waals surface area contributed by atoms with Gasteiger partial charge in [-0.25, -0.2) is 9.97 Å². The summed E-state index contributed by atoms with van der Waals surface area (Å²) in [6.45, 7) is 6.00. The van der Waals surface area contributed by atoms with E-state index < -0.39 is 0 Å². The number of aromatic amines is 1. The van der Waals surface area contributed by atoms with Crippen molar-refractivity contribution in [2.24, 2.45) is 0 Å². The maximum atomic E-state index is 7.57. The van der Waals surface area contributed by atoms with Gasteiger partial charge in [-0.15, -0.1) is 10.2 Å². The molecule has 0 bridgehead atoms. The van der Waals surface area contributed by atoms with Gasteiger partial charge in [-0.05, 0) is 44.9 Å². The molecule has 3 aromatic carbocycles. The van der Waals surface area contributed by atoms with Crippen molar-refractivity contribution in [2.75, 3.05) is 19.8 Å². The molecule has 0 unspecified atom stereocenters. The number of benzene rings is 3. The molecule has 44 heavy (non-hydrogen) atoms. The van der Waals surface area contributed by atoms with E-state index in [0.717, 1.165) is 58.4 Å². The average molecular weight is 585 g/mol. The van der Waals surface area contributed by atoms with Crippen molar-refractivity contribution in [3.8, 4) is 56.7 Å². The number of ether oxygens (including phenoxy) is 1. The van der Waals surface area contributed by atoms with Crippen molar-refractivity contribution in [1.29, 1.82) is 0 Å². The summed E-state index contributed by atoms with van der Waals surface area (Å²) >= 11 is 0. The van der Waals surface area contributed by atoms with E-state index in [1.165, 1.54) is 18.4 Å². The number of aliphatic hydroxyl groups excluding tert-OH is 1. The molecule has 0 radical (unpaired) electrons. The van der Waals surface area contributed by atoms with Gasteiger partial charge < -0.3 is 9.84 Å². The normalized spacial score (nSPS) is 12.1. The molecule has 4 heterocycles. The van der Waals surface area contributed by atoms with Gasteiger partial charge in [0.2, 0.25) is 5.82 Å². The molecular formula is C36H36N6O2. The minimum Gasteiger partial charge on any atom is -0.397 e. The van der Waals surface area contributed by atoms with Gasteiger partial charge in [0.25, 0.3) is 0 Å². The lowest BCUT2D eigenvalue weighted by atomic mass is 10.0. The Labute approximate surface area is 257 Å². The fourth-order valence-electron chi connectivity index (χ4n) is 4.57. The van der Waals surface area contributed by atoms with Crippen LogP contribution in [0, 0.1) is 6.92 Å². The summed E-state index contributed by atoms with van der Waals surface area (Å²) in [5, 5.41) is 24.2. The summed E-state index contributed by atoms with van der Waals surface area (Å²) < 4.78 is 4.94. The number of nitrogens with zero attached hydrogens (tertiary/aromatic N) is 5. The largest absolute Gasteiger partial charge is 0.397 e. The number of aryl methyl sites for hydroxylation is 1. The molecule has 0 aliphatic carbocycles. The van der Waals surface area contributed by atoms with E-state index in [-0.39, 0.29) is 6.61 Å². The van der Waals surface area contributed by atoms with Crippen LogP contribution in [0.25, 0.3) is 56.7 Å². The van der Waals surface area contributed by atoms with Crippen LogP contribution in [-0.4, -0.2) is 55.3 Å². The van der Waals surface area contributed by atoms with Crippen molar-refractivity contribution in [3.63, 3.8) is 0 Å². The van der Waals surface area contributed by atoms with Gasteiger partial charge in [-0.2, -0.15) is 5.10 Å². The van der Waals surface area contributed by atoms with Crippen LogP contribution >= 0.6 is 0 Å². The highest BCUT2D eigenvalue weighted by molar-refractivity contribution is 5.78. The molecule has 8 heteroatoms. The van der Waals surface area contributed by atoms with Gasteiger partial charge >= 0.3 is 0 Å². The first-order valence-corrected chi connectivity index (χ1v) is 14.8. The smallest absolute Gasteiger partial charge is 0.201 e. The maximum Gasteiger partial charge on any atom is 0.201 e. The highest BCUT2D eigenvalue weighted by Gasteiger charge is 2.16. The molecule has 0 spiro atoms. The lowest BCUT2D eigenvalue weighted by molar-refractivity contribution is 0.198. The van der Waals surface area contributed by atoms with E-state index in [1.54, 1.807) is 6.92 Å². The summed E-state index contributed by atoms with van der Waals surface area (Å²) in [5.74, 6) is 0.466. The zero-order valence-corrected chi connectivity index (χ0v) is 25.0. The summed E-state index contributed by atoms with van der Waals surface area (Å²) in [6, 6.07) is 36.1. The van der Waals surface area contributed by atoms with Crippen LogP contribution in [0.1, 0.15) is 25.3 Å². The fourth-order valence-corrected chi connectivity index (χ4v) is 4.57. The van der Waals surface area contributed by atoms with Gasteiger partial charge in [0.1, 0.15) is 17.1 Å². The summed E-state index contributed by atoms with van der Waals surface area (Å²) in [5.41, 5.74) is 8.80. The third-order valence-corrected chi connectivity index (χ3v) is 6.79. The Hall–Kier alpha value is -5.05. The number of hydrogen-bond donors (Lipinski definition) is 2. The maximum absolute atomic E-state index is 7.57. The third kappa shape index (κ3) is 7.86. The second kappa shape index (κ2) is 15.4. The topological polar surface area (TPSA) is 110 Å². The van der Waals surface area contributed by atoms with Crippen LogP contribution in [0.15, 0.2) is 109 Å². The molecule has 3 aromatic heterocycles. The number of hydrogen-bond acceptors (Lipinski definition) is 7. The number of nitrogens with one attached hydrogen (secondary N) is 1. The minimum atomic E-state index is 0.250. The Morgan fingerprint density at radius 1 is 0.659 bits per heavy atom. The van der Waals surface area contributed by atoms with E-state index in [1.807, 2.05) is 84.9 Å². The second-order valence-electron chi connectivity index (χ2n) is 10.1. The van der Waals surface area contributed by atoms with Crippen LogP contribution < -0.4 is 0 Å². The number of pyridine rings is 1. The first-order chi connectivity index (χ1) is 21.7. The lowest BCUT2D eigenvalue weighted by Gasteiger charge is -2.10. The molecule has 0 atom stereocenters. The summed E-state index contributed by atoms with van der Waals surface area (Å²) in [4.78, 5) is 9.76. The zero-order valence-electron chi connectivity index (χ0n) is 25.0. The number of aliphatic hydroxyl groups is 1. The zero-order chi connectivity index (χ0) is 30.6. The fraction of sp³-hybridized carbons (Fsp3) is 0.194. The van der Waals surface area contributed by atoms with Gasteiger partial charge in [0, 0.05) is 36.5 Å². The SMILES string of the molecule is C1CCOC1.CCO.Cc1ccc(-c2cc(-c3cccc(-c4nnc(-c5ccccc5)c(-c5ccccc5)n4)n3)[nH]n2)cc1. The highest BCUT2D eigenvalue weighted by Crippen LogP contribution is 2.30. The van der Waals surface area contributed by atoms with E-state index in [2.05, 4.69) is 51.6 Å². The van der Waals surface area contributed by atoms with Crippen LogP contribution in [0.4, 0.5) is 0 Å². The van der Waals surface area contributed by atoms with Crippen molar-refractivity contribution in [3.05, 3.63) is 115 Å². The predicted octanol–water partition coefficient (Wildman–Crippen LogP) is 7.43. The Kier molecular flexibility index (Phi) is 10.7. The molecule has 0 saturated carbocycles. The monoisotopic (exact) mass is 584 g/mol. The first kappa shape index (κ1) is 30.4. The van der Waals surface area contributed by atoms with Crippen LogP contribution in [0.2, 0.25) is 0 Å². The lowest BCUT2D eigenvalue weighted by Crippen LogP contribution is -2.01. The van der Waals surface area contributed by atoms with Gasteiger partial charge in [-0.1, -0.05) is 96.6 Å². The van der Waals surface area contributed by atoms with Crippen molar-refractivity contribution in [1.82, 2.24) is 30.4 Å². The van der Waals surface area contributed by atoms with E-state index >= 15 is 0 Å². The second-order valence-corrected chi connectivity index (χ2v) is 10.1.